The number of nitrogens with two attached hydrogens (primary N) is 1. The van der Waals surface area contributed by atoms with Crippen LogP contribution in [0.15, 0.2) is 22.7 Å². The number of halogens is 1. The zero-order valence-corrected chi connectivity index (χ0v) is 12.5. The van der Waals surface area contributed by atoms with Gasteiger partial charge in [-0.25, -0.2) is 0 Å². The number of ether oxygens (including phenoxy) is 1. The Hall–Kier alpha value is -1.07. The average molecular weight is 315 g/mol. The quantitative estimate of drug-likeness (QED) is 0.846. The second-order valence-electron chi connectivity index (χ2n) is 4.84. The van der Waals surface area contributed by atoms with Gasteiger partial charge in [0.2, 0.25) is 5.91 Å². The highest BCUT2D eigenvalue weighted by molar-refractivity contribution is 9.10. The van der Waals surface area contributed by atoms with Crippen molar-refractivity contribution >= 4 is 21.8 Å². The lowest BCUT2D eigenvalue weighted by molar-refractivity contribution is -0.119. The number of benzene rings is 1. The first-order valence-corrected chi connectivity index (χ1v) is 6.49. The minimum Gasteiger partial charge on any atom is -0.496 e. The number of hydrogen-bond acceptors (Lipinski definition) is 3. The standard InChI is InChI=1S/C13H19BrN2O2/c1-13(2,7-12(15)17)16-8-9-6-10(14)4-5-11(9)18-3/h4-6,16H,7-8H2,1-3H3,(H2,15,17). The number of rotatable bonds is 6. The molecule has 100 valence electrons. The molecule has 1 amide bonds. The minimum atomic E-state index is -0.334. The van der Waals surface area contributed by atoms with Crippen molar-refractivity contribution in [1.82, 2.24) is 5.32 Å². The summed E-state index contributed by atoms with van der Waals surface area (Å²) >= 11 is 3.43. The van der Waals surface area contributed by atoms with Crippen LogP contribution >= 0.6 is 15.9 Å². The monoisotopic (exact) mass is 314 g/mol. The molecule has 0 aliphatic carbocycles. The average Bonchev–Trinajstić information content (AvgIpc) is 2.25. The Labute approximate surface area is 116 Å². The molecule has 1 aromatic rings. The Bertz CT molecular complexity index is 433. The first-order chi connectivity index (χ1) is 8.34. The third-order valence-electron chi connectivity index (χ3n) is 2.62. The molecule has 0 spiro atoms. The van der Waals surface area contributed by atoms with Crippen LogP contribution in [0.3, 0.4) is 0 Å². The van der Waals surface area contributed by atoms with Crippen LogP contribution in [0.2, 0.25) is 0 Å². The van der Waals surface area contributed by atoms with Crippen molar-refractivity contribution in [2.75, 3.05) is 7.11 Å². The highest BCUT2D eigenvalue weighted by atomic mass is 79.9. The van der Waals surface area contributed by atoms with Gasteiger partial charge in [-0.2, -0.15) is 0 Å². The summed E-state index contributed by atoms with van der Waals surface area (Å²) < 4.78 is 6.29. The van der Waals surface area contributed by atoms with E-state index in [2.05, 4.69) is 21.2 Å². The van der Waals surface area contributed by atoms with Crippen LogP contribution in [-0.2, 0) is 11.3 Å². The molecule has 1 aromatic carbocycles. The van der Waals surface area contributed by atoms with E-state index >= 15 is 0 Å². The number of primary amides is 1. The lowest BCUT2D eigenvalue weighted by atomic mass is 10.00. The van der Waals surface area contributed by atoms with Gasteiger partial charge in [-0.15, -0.1) is 0 Å². The lowest BCUT2D eigenvalue weighted by Crippen LogP contribution is -2.42. The van der Waals surface area contributed by atoms with Crippen LogP contribution in [0.4, 0.5) is 0 Å². The van der Waals surface area contributed by atoms with E-state index in [9.17, 15) is 4.79 Å². The molecular weight excluding hydrogens is 296 g/mol. The van der Waals surface area contributed by atoms with Crippen molar-refractivity contribution < 1.29 is 9.53 Å². The van der Waals surface area contributed by atoms with Crippen molar-refractivity contribution in [1.29, 1.82) is 0 Å². The molecular formula is C13H19BrN2O2. The molecule has 0 fully saturated rings. The Morgan fingerprint density at radius 2 is 2.17 bits per heavy atom. The van der Waals surface area contributed by atoms with E-state index in [1.54, 1.807) is 7.11 Å². The van der Waals surface area contributed by atoms with E-state index in [1.165, 1.54) is 0 Å². The second-order valence-corrected chi connectivity index (χ2v) is 5.75. The summed E-state index contributed by atoms with van der Waals surface area (Å²) in [4.78, 5) is 11.0. The van der Waals surface area contributed by atoms with Crippen LogP contribution in [0.1, 0.15) is 25.8 Å². The van der Waals surface area contributed by atoms with Gasteiger partial charge in [0.1, 0.15) is 5.75 Å². The topological polar surface area (TPSA) is 64.3 Å². The SMILES string of the molecule is COc1ccc(Br)cc1CNC(C)(C)CC(N)=O. The van der Waals surface area contributed by atoms with Crippen LogP contribution in [0.25, 0.3) is 0 Å². The number of hydrogen-bond donors (Lipinski definition) is 2. The molecule has 5 heteroatoms. The highest BCUT2D eigenvalue weighted by Crippen LogP contribution is 2.23. The molecule has 18 heavy (non-hydrogen) atoms. The smallest absolute Gasteiger partial charge is 0.219 e. The van der Waals surface area contributed by atoms with E-state index < -0.39 is 0 Å². The number of carbonyl (C=O) groups excluding carboxylic acids is 1. The third kappa shape index (κ3) is 4.66. The van der Waals surface area contributed by atoms with Gasteiger partial charge in [-0.1, -0.05) is 15.9 Å². The van der Waals surface area contributed by atoms with Crippen molar-refractivity contribution in [2.24, 2.45) is 5.73 Å². The van der Waals surface area contributed by atoms with E-state index in [4.69, 9.17) is 10.5 Å². The van der Waals surface area contributed by atoms with Gasteiger partial charge in [0.05, 0.1) is 7.11 Å². The molecule has 0 unspecified atom stereocenters. The summed E-state index contributed by atoms with van der Waals surface area (Å²) in [6, 6.07) is 5.82. The minimum absolute atomic E-state index is 0.295. The molecule has 0 saturated carbocycles. The maximum Gasteiger partial charge on any atom is 0.219 e. The van der Waals surface area contributed by atoms with Gasteiger partial charge in [0, 0.05) is 28.5 Å². The molecule has 0 heterocycles. The van der Waals surface area contributed by atoms with E-state index in [0.29, 0.717) is 13.0 Å². The zero-order valence-electron chi connectivity index (χ0n) is 10.9. The van der Waals surface area contributed by atoms with Gasteiger partial charge < -0.3 is 15.8 Å². The van der Waals surface area contributed by atoms with Crippen LogP contribution in [0.5, 0.6) is 5.75 Å². The van der Waals surface area contributed by atoms with Gasteiger partial charge in [0.15, 0.2) is 0 Å². The molecule has 0 atom stereocenters. The summed E-state index contributed by atoms with van der Waals surface area (Å²) in [6.45, 7) is 4.51. The molecule has 3 N–H and O–H groups in total. The Morgan fingerprint density at radius 1 is 1.50 bits per heavy atom. The summed E-state index contributed by atoms with van der Waals surface area (Å²) in [7, 11) is 1.64. The van der Waals surface area contributed by atoms with Gasteiger partial charge in [0.25, 0.3) is 0 Å². The largest absolute Gasteiger partial charge is 0.496 e. The normalized spacial score (nSPS) is 11.3. The number of methoxy groups -OCH3 is 1. The highest BCUT2D eigenvalue weighted by Gasteiger charge is 2.20. The summed E-state index contributed by atoms with van der Waals surface area (Å²) in [5.41, 5.74) is 5.91. The Balaban J connectivity index is 2.73. The predicted molar refractivity (Wildman–Crippen MR) is 75.4 cm³/mol. The number of nitrogens with one attached hydrogen (secondary N) is 1. The summed E-state index contributed by atoms with van der Waals surface area (Å²) in [5.74, 6) is 0.509. The van der Waals surface area contributed by atoms with Crippen molar-refractivity contribution in [3.63, 3.8) is 0 Å². The van der Waals surface area contributed by atoms with Crippen molar-refractivity contribution in [2.45, 2.75) is 32.4 Å². The van der Waals surface area contributed by atoms with Gasteiger partial charge in [-0.3, -0.25) is 4.79 Å². The maximum absolute atomic E-state index is 11.0. The van der Waals surface area contributed by atoms with Gasteiger partial charge in [-0.05, 0) is 32.0 Å². The fourth-order valence-corrected chi connectivity index (χ4v) is 2.13. The van der Waals surface area contributed by atoms with Crippen molar-refractivity contribution in [3.05, 3.63) is 28.2 Å². The summed E-state index contributed by atoms with van der Waals surface area (Å²) in [6.07, 6.45) is 0.295. The van der Waals surface area contributed by atoms with Crippen LogP contribution < -0.4 is 15.8 Å². The van der Waals surface area contributed by atoms with Crippen molar-refractivity contribution in [3.8, 4) is 5.75 Å². The third-order valence-corrected chi connectivity index (χ3v) is 3.11. The molecule has 0 aliphatic rings. The molecule has 0 aromatic heterocycles. The molecule has 0 radical (unpaired) electrons. The Kier molecular flexibility index (Phi) is 5.16. The Morgan fingerprint density at radius 3 is 2.72 bits per heavy atom. The van der Waals surface area contributed by atoms with E-state index in [0.717, 1.165) is 15.8 Å². The fourth-order valence-electron chi connectivity index (χ4n) is 1.72. The van der Waals surface area contributed by atoms with Crippen LogP contribution in [0, 0.1) is 0 Å². The molecule has 0 saturated heterocycles. The van der Waals surface area contributed by atoms with Crippen LogP contribution in [-0.4, -0.2) is 18.6 Å². The van der Waals surface area contributed by atoms with E-state index in [1.807, 2.05) is 32.0 Å². The van der Waals surface area contributed by atoms with Gasteiger partial charge >= 0.3 is 0 Å². The summed E-state index contributed by atoms with van der Waals surface area (Å²) in [5, 5.41) is 3.31. The lowest BCUT2D eigenvalue weighted by Gasteiger charge is -2.25. The molecule has 0 aliphatic heterocycles. The van der Waals surface area contributed by atoms with E-state index in [-0.39, 0.29) is 11.4 Å². The first-order valence-electron chi connectivity index (χ1n) is 5.70. The molecule has 4 nitrogen and oxygen atoms in total. The fraction of sp³-hybridized carbons (Fsp3) is 0.462. The predicted octanol–water partition coefficient (Wildman–Crippen LogP) is 2.20. The number of carbonyl (C=O) groups is 1. The molecule has 1 rings (SSSR count). The first kappa shape index (κ1) is 15.0. The second kappa shape index (κ2) is 6.20. The molecule has 0 bridgehead atoms. The zero-order chi connectivity index (χ0) is 13.8. The maximum atomic E-state index is 11.0. The number of amides is 1.